The number of piperidine rings is 1. The van der Waals surface area contributed by atoms with Crippen LogP contribution in [0.4, 0.5) is 0 Å². The predicted octanol–water partition coefficient (Wildman–Crippen LogP) is 2.86. The summed E-state index contributed by atoms with van der Waals surface area (Å²) in [5.74, 6) is 1.53. The fraction of sp³-hybridized carbons (Fsp3) is 0.529. The Bertz CT molecular complexity index is 689. The summed E-state index contributed by atoms with van der Waals surface area (Å²) >= 11 is 5.83. The van der Waals surface area contributed by atoms with E-state index in [0.29, 0.717) is 23.4 Å². The molecule has 0 aliphatic carbocycles. The third-order valence-corrected chi connectivity index (χ3v) is 4.71. The third kappa shape index (κ3) is 3.75. The molecule has 24 heavy (non-hydrogen) atoms. The maximum atomic E-state index is 12.4. The molecule has 2 aromatic rings. The number of hydrogen-bond donors (Lipinski definition) is 0. The summed E-state index contributed by atoms with van der Waals surface area (Å²) in [5.41, 5.74) is 0.756. The van der Waals surface area contributed by atoms with Crippen LogP contribution in [0.25, 0.3) is 0 Å². The molecule has 0 saturated carbocycles. The van der Waals surface area contributed by atoms with Gasteiger partial charge < -0.3 is 9.47 Å². The monoisotopic (exact) mass is 347 g/mol. The topological polar surface area (TPSA) is 63.9 Å². The van der Waals surface area contributed by atoms with Gasteiger partial charge in [0.1, 0.15) is 12.2 Å². The summed E-state index contributed by atoms with van der Waals surface area (Å²) in [7, 11) is 0. The van der Waals surface area contributed by atoms with E-state index in [1.54, 1.807) is 24.7 Å². The number of nitrogens with zero attached hydrogens (tertiary/aromatic N) is 5. The first-order chi connectivity index (χ1) is 11.5. The summed E-state index contributed by atoms with van der Waals surface area (Å²) in [6.45, 7) is 5.76. The Morgan fingerprint density at radius 2 is 2.08 bits per heavy atom. The van der Waals surface area contributed by atoms with Gasteiger partial charge in [-0.25, -0.2) is 0 Å². The van der Waals surface area contributed by atoms with Crippen molar-refractivity contribution in [1.29, 1.82) is 0 Å². The van der Waals surface area contributed by atoms with Gasteiger partial charge in [0, 0.05) is 36.9 Å². The van der Waals surface area contributed by atoms with Crippen molar-refractivity contribution in [3.05, 3.63) is 41.2 Å². The highest BCUT2D eigenvalue weighted by molar-refractivity contribution is 6.30. The molecule has 0 spiro atoms. The number of pyridine rings is 1. The zero-order valence-electron chi connectivity index (χ0n) is 14.0. The minimum Gasteiger partial charge on any atom is -0.342 e. The van der Waals surface area contributed by atoms with E-state index in [1.807, 2.05) is 4.90 Å². The zero-order valence-corrected chi connectivity index (χ0v) is 14.8. The Balaban J connectivity index is 1.57. The zero-order chi connectivity index (χ0) is 17.1. The summed E-state index contributed by atoms with van der Waals surface area (Å²) in [6, 6.07) is 3.92. The summed E-state index contributed by atoms with van der Waals surface area (Å²) in [5, 5.41) is 8.93. The highest BCUT2D eigenvalue weighted by atomic mass is 35.5. The summed E-state index contributed by atoms with van der Waals surface area (Å²) in [4.78, 5) is 18.6. The van der Waals surface area contributed by atoms with Crippen LogP contribution in [0.3, 0.4) is 0 Å². The molecule has 0 atom stereocenters. The van der Waals surface area contributed by atoms with Gasteiger partial charge in [0.25, 0.3) is 0 Å². The van der Waals surface area contributed by atoms with E-state index in [1.165, 1.54) is 0 Å². The minimum absolute atomic E-state index is 0.119. The van der Waals surface area contributed by atoms with E-state index in [-0.39, 0.29) is 5.91 Å². The lowest BCUT2D eigenvalue weighted by Gasteiger charge is -2.32. The van der Waals surface area contributed by atoms with Crippen molar-refractivity contribution in [3.8, 4) is 0 Å². The largest absolute Gasteiger partial charge is 0.342 e. The van der Waals surface area contributed by atoms with E-state index < -0.39 is 0 Å². The first kappa shape index (κ1) is 16.9. The second-order valence-electron chi connectivity index (χ2n) is 6.49. The van der Waals surface area contributed by atoms with E-state index >= 15 is 0 Å². The van der Waals surface area contributed by atoms with E-state index in [0.717, 1.165) is 37.4 Å². The number of carbonyl (C=O) groups is 1. The number of carbonyl (C=O) groups excluding carboxylic acids is 1. The van der Waals surface area contributed by atoms with Crippen LogP contribution in [0.5, 0.6) is 0 Å². The molecular weight excluding hydrogens is 326 g/mol. The Labute approximate surface area is 146 Å². The van der Waals surface area contributed by atoms with Crippen molar-refractivity contribution in [2.75, 3.05) is 13.1 Å². The normalized spacial score (nSPS) is 15.9. The van der Waals surface area contributed by atoms with Gasteiger partial charge in [-0.1, -0.05) is 11.6 Å². The van der Waals surface area contributed by atoms with Gasteiger partial charge in [0.05, 0.1) is 11.4 Å². The Morgan fingerprint density at radius 1 is 1.33 bits per heavy atom. The quantitative estimate of drug-likeness (QED) is 0.853. The molecule has 0 bridgehead atoms. The van der Waals surface area contributed by atoms with Gasteiger partial charge in [-0.15, -0.1) is 10.2 Å². The predicted molar refractivity (Wildman–Crippen MR) is 91.9 cm³/mol. The van der Waals surface area contributed by atoms with Gasteiger partial charge in [-0.05, 0) is 38.8 Å². The maximum Gasteiger partial charge on any atom is 0.228 e. The van der Waals surface area contributed by atoms with Crippen molar-refractivity contribution in [3.63, 3.8) is 0 Å². The van der Waals surface area contributed by atoms with Crippen molar-refractivity contribution < 1.29 is 4.79 Å². The first-order valence-corrected chi connectivity index (χ1v) is 8.70. The highest BCUT2D eigenvalue weighted by Crippen LogP contribution is 2.28. The molecular formula is C17H22ClN5O. The number of rotatable bonds is 4. The van der Waals surface area contributed by atoms with Crippen molar-refractivity contribution >= 4 is 17.5 Å². The van der Waals surface area contributed by atoms with Crippen LogP contribution in [0.15, 0.2) is 24.7 Å². The summed E-state index contributed by atoms with van der Waals surface area (Å²) in [6.07, 6.45) is 5.54. The number of halogens is 1. The minimum atomic E-state index is 0.119. The molecule has 2 aromatic heterocycles. The molecule has 3 heterocycles. The third-order valence-electron chi connectivity index (χ3n) is 4.49. The van der Waals surface area contributed by atoms with Crippen LogP contribution in [-0.2, 0) is 11.2 Å². The van der Waals surface area contributed by atoms with Gasteiger partial charge in [0.15, 0.2) is 0 Å². The molecule has 0 aromatic carbocycles. The highest BCUT2D eigenvalue weighted by Gasteiger charge is 2.27. The standard InChI is InChI=1S/C17H22ClN5O/c1-12(2)23-11-20-21-17(23)13-5-7-22(8-6-13)16(24)9-15-4-3-14(18)10-19-15/h3-4,10-13H,5-9H2,1-2H3. The lowest BCUT2D eigenvalue weighted by molar-refractivity contribution is -0.131. The van der Waals surface area contributed by atoms with Crippen LogP contribution >= 0.6 is 11.6 Å². The first-order valence-electron chi connectivity index (χ1n) is 8.32. The van der Waals surface area contributed by atoms with Crippen LogP contribution in [-0.4, -0.2) is 43.6 Å². The van der Waals surface area contributed by atoms with Gasteiger partial charge in [-0.3, -0.25) is 9.78 Å². The van der Waals surface area contributed by atoms with E-state index in [2.05, 4.69) is 33.6 Å². The van der Waals surface area contributed by atoms with E-state index in [4.69, 9.17) is 11.6 Å². The molecule has 1 amide bonds. The molecule has 1 fully saturated rings. The number of hydrogen-bond acceptors (Lipinski definition) is 4. The average Bonchev–Trinajstić information content (AvgIpc) is 3.07. The van der Waals surface area contributed by atoms with Crippen molar-refractivity contribution in [2.24, 2.45) is 0 Å². The lowest BCUT2D eigenvalue weighted by Crippen LogP contribution is -2.39. The second-order valence-corrected chi connectivity index (χ2v) is 6.93. The summed E-state index contributed by atoms with van der Waals surface area (Å²) < 4.78 is 2.12. The van der Waals surface area contributed by atoms with Gasteiger partial charge in [0.2, 0.25) is 5.91 Å². The molecule has 128 valence electrons. The Morgan fingerprint density at radius 3 is 2.71 bits per heavy atom. The number of amides is 1. The Kier molecular flexibility index (Phi) is 5.14. The van der Waals surface area contributed by atoms with Crippen LogP contribution in [0, 0.1) is 0 Å². The fourth-order valence-corrected chi connectivity index (χ4v) is 3.22. The van der Waals surface area contributed by atoms with Crippen molar-refractivity contribution in [1.82, 2.24) is 24.6 Å². The SMILES string of the molecule is CC(C)n1cnnc1C1CCN(C(=O)Cc2ccc(Cl)cn2)CC1. The maximum absolute atomic E-state index is 12.4. The van der Waals surface area contributed by atoms with Crippen LogP contribution in [0.1, 0.15) is 50.2 Å². The molecule has 7 heteroatoms. The second kappa shape index (κ2) is 7.30. The molecule has 0 radical (unpaired) electrons. The van der Waals surface area contributed by atoms with Crippen LogP contribution in [0.2, 0.25) is 5.02 Å². The van der Waals surface area contributed by atoms with E-state index in [9.17, 15) is 4.79 Å². The fourth-order valence-electron chi connectivity index (χ4n) is 3.11. The lowest BCUT2D eigenvalue weighted by atomic mass is 9.95. The van der Waals surface area contributed by atoms with Gasteiger partial charge in [-0.2, -0.15) is 0 Å². The number of likely N-dealkylation sites (tertiary alicyclic amines) is 1. The molecule has 0 unspecified atom stereocenters. The molecule has 6 nitrogen and oxygen atoms in total. The Hall–Kier alpha value is -1.95. The molecule has 1 saturated heterocycles. The van der Waals surface area contributed by atoms with Crippen molar-refractivity contribution in [2.45, 2.75) is 45.1 Å². The van der Waals surface area contributed by atoms with Crippen LogP contribution < -0.4 is 0 Å². The number of aromatic nitrogens is 4. The smallest absolute Gasteiger partial charge is 0.228 e. The molecule has 3 rings (SSSR count). The average molecular weight is 348 g/mol. The molecule has 0 N–H and O–H groups in total. The molecule has 1 aliphatic heterocycles. The van der Waals surface area contributed by atoms with Gasteiger partial charge >= 0.3 is 0 Å². The molecule has 1 aliphatic rings.